The van der Waals surface area contributed by atoms with E-state index >= 15 is 0 Å². The lowest BCUT2D eigenvalue weighted by molar-refractivity contribution is 1.10. The maximum Gasteiger partial charge on any atom is -0.0349 e. The van der Waals surface area contributed by atoms with E-state index in [9.17, 15) is 0 Å². The molecule has 0 bridgehead atoms. The highest BCUT2D eigenvalue weighted by Gasteiger charge is 1.80. The quantitative estimate of drug-likeness (QED) is 0.536. The average Bonchev–Trinajstić information content (AvgIpc) is 2.01. The monoisotopic (exact) mass is 150 g/mol. The predicted octanol–water partition coefficient (Wildman–Crippen LogP) is 3.87. The van der Waals surface area contributed by atoms with Crippen molar-refractivity contribution in [1.29, 1.82) is 0 Å². The molecule has 0 heterocycles. The minimum Gasteiger partial charge on any atom is -0.0874 e. The zero-order chi connectivity index (χ0) is 8.69. The Balaban J connectivity index is 4.10. The standard InChI is InChI=1S/C11H18/c1-5-7-11(4)9-8-10(3)6-2/h5,7-9H,6H2,1-4H3/b7-5-,10-8+,11-9-. The normalized spacial score (nSPS) is 14.5. The molecule has 0 aliphatic heterocycles. The van der Waals surface area contributed by atoms with E-state index in [0.29, 0.717) is 0 Å². The number of hydrogen-bond acceptors (Lipinski definition) is 0. The van der Waals surface area contributed by atoms with E-state index in [-0.39, 0.29) is 0 Å². The Hall–Kier alpha value is -0.780. The van der Waals surface area contributed by atoms with Crippen molar-refractivity contribution in [3.8, 4) is 0 Å². The minimum atomic E-state index is 1.14. The summed E-state index contributed by atoms with van der Waals surface area (Å²) in [4.78, 5) is 0. The van der Waals surface area contributed by atoms with Gasteiger partial charge in [-0.05, 0) is 27.2 Å². The Labute approximate surface area is 70.3 Å². The van der Waals surface area contributed by atoms with Crippen LogP contribution in [0.2, 0.25) is 0 Å². The van der Waals surface area contributed by atoms with Crippen LogP contribution in [-0.4, -0.2) is 0 Å². The van der Waals surface area contributed by atoms with E-state index in [1.54, 1.807) is 0 Å². The van der Waals surface area contributed by atoms with Crippen LogP contribution in [0.3, 0.4) is 0 Å². The Morgan fingerprint density at radius 3 is 2.27 bits per heavy atom. The van der Waals surface area contributed by atoms with Crippen LogP contribution in [0, 0.1) is 0 Å². The van der Waals surface area contributed by atoms with Gasteiger partial charge in [0, 0.05) is 0 Å². The van der Waals surface area contributed by atoms with Crippen LogP contribution in [0.15, 0.2) is 35.5 Å². The predicted molar refractivity (Wildman–Crippen MR) is 52.6 cm³/mol. The van der Waals surface area contributed by atoms with Gasteiger partial charge in [-0.1, -0.05) is 42.4 Å². The molecule has 0 nitrogen and oxygen atoms in total. The van der Waals surface area contributed by atoms with Gasteiger partial charge in [0.2, 0.25) is 0 Å². The van der Waals surface area contributed by atoms with Crippen LogP contribution in [0.25, 0.3) is 0 Å². The van der Waals surface area contributed by atoms with Gasteiger partial charge in [0.25, 0.3) is 0 Å². The smallest absolute Gasteiger partial charge is 0.0349 e. The number of allylic oxidation sites excluding steroid dienone is 6. The number of hydrogen-bond donors (Lipinski definition) is 0. The van der Waals surface area contributed by atoms with Crippen molar-refractivity contribution in [2.75, 3.05) is 0 Å². The summed E-state index contributed by atoms with van der Waals surface area (Å²) in [6, 6.07) is 0. The van der Waals surface area contributed by atoms with Crippen LogP contribution in [0.5, 0.6) is 0 Å². The van der Waals surface area contributed by atoms with Crippen molar-refractivity contribution < 1.29 is 0 Å². The first-order chi connectivity index (χ1) is 5.20. The van der Waals surface area contributed by atoms with Gasteiger partial charge < -0.3 is 0 Å². The van der Waals surface area contributed by atoms with Gasteiger partial charge in [-0.15, -0.1) is 0 Å². The summed E-state index contributed by atoms with van der Waals surface area (Å²) in [5, 5.41) is 0. The van der Waals surface area contributed by atoms with Gasteiger partial charge in [0.1, 0.15) is 0 Å². The molecule has 0 amide bonds. The first-order valence-electron chi connectivity index (χ1n) is 4.17. The molecule has 11 heavy (non-hydrogen) atoms. The fourth-order valence-corrected chi connectivity index (χ4v) is 0.710. The summed E-state index contributed by atoms with van der Waals surface area (Å²) >= 11 is 0. The van der Waals surface area contributed by atoms with Gasteiger partial charge in [0.15, 0.2) is 0 Å². The van der Waals surface area contributed by atoms with Gasteiger partial charge in [-0.25, -0.2) is 0 Å². The van der Waals surface area contributed by atoms with Gasteiger partial charge in [-0.2, -0.15) is 0 Å². The highest BCUT2D eigenvalue weighted by molar-refractivity contribution is 5.23. The van der Waals surface area contributed by atoms with E-state index in [2.05, 4.69) is 45.1 Å². The summed E-state index contributed by atoms with van der Waals surface area (Å²) in [6.07, 6.45) is 9.63. The van der Waals surface area contributed by atoms with Crippen LogP contribution in [-0.2, 0) is 0 Å². The Bertz CT molecular complexity index is 180. The second kappa shape index (κ2) is 5.96. The molecule has 0 atom stereocenters. The minimum absolute atomic E-state index is 1.14. The molecule has 0 unspecified atom stereocenters. The SMILES string of the molecule is C\C=C/C(C)=C\C=C(/C)CC. The zero-order valence-corrected chi connectivity index (χ0v) is 8.02. The molecule has 0 aromatic heterocycles. The summed E-state index contributed by atoms with van der Waals surface area (Å²) in [7, 11) is 0. The Kier molecular flexibility index (Phi) is 5.54. The van der Waals surface area contributed by atoms with Crippen LogP contribution < -0.4 is 0 Å². The molecule has 0 heteroatoms. The summed E-state index contributed by atoms with van der Waals surface area (Å²) in [6.45, 7) is 8.47. The van der Waals surface area contributed by atoms with Gasteiger partial charge in [-0.3, -0.25) is 0 Å². The Morgan fingerprint density at radius 1 is 1.18 bits per heavy atom. The summed E-state index contributed by atoms with van der Waals surface area (Å²) in [5.41, 5.74) is 2.73. The molecule has 62 valence electrons. The van der Waals surface area contributed by atoms with Gasteiger partial charge >= 0.3 is 0 Å². The van der Waals surface area contributed by atoms with E-state index in [0.717, 1.165) is 6.42 Å². The molecule has 0 aliphatic rings. The first kappa shape index (κ1) is 10.2. The third kappa shape index (κ3) is 5.65. The van der Waals surface area contributed by atoms with Crippen LogP contribution in [0.4, 0.5) is 0 Å². The lowest BCUT2D eigenvalue weighted by atomic mass is 10.2. The van der Waals surface area contributed by atoms with Crippen molar-refractivity contribution in [2.45, 2.75) is 34.1 Å². The highest BCUT2D eigenvalue weighted by Crippen LogP contribution is 2.01. The third-order valence-corrected chi connectivity index (χ3v) is 1.62. The molecule has 0 aromatic carbocycles. The van der Waals surface area contributed by atoms with Crippen LogP contribution in [0.1, 0.15) is 34.1 Å². The molecule has 0 rings (SSSR count). The highest BCUT2D eigenvalue weighted by atomic mass is 13.9. The molecule has 0 spiro atoms. The van der Waals surface area contributed by atoms with Crippen molar-refractivity contribution in [3.05, 3.63) is 35.5 Å². The lowest BCUT2D eigenvalue weighted by Gasteiger charge is -1.91. The zero-order valence-electron chi connectivity index (χ0n) is 8.02. The molecule has 0 N–H and O–H groups in total. The molecular weight excluding hydrogens is 132 g/mol. The molecule has 0 aliphatic carbocycles. The molecule has 0 saturated carbocycles. The maximum atomic E-state index is 2.18. The number of rotatable bonds is 3. The van der Waals surface area contributed by atoms with Gasteiger partial charge in [0.05, 0.1) is 0 Å². The summed E-state index contributed by atoms with van der Waals surface area (Å²) in [5.74, 6) is 0. The lowest BCUT2D eigenvalue weighted by Crippen LogP contribution is -1.70. The summed E-state index contributed by atoms with van der Waals surface area (Å²) < 4.78 is 0. The molecule has 0 aromatic rings. The van der Waals surface area contributed by atoms with E-state index in [1.165, 1.54) is 11.1 Å². The third-order valence-electron chi connectivity index (χ3n) is 1.62. The van der Waals surface area contributed by atoms with Crippen molar-refractivity contribution >= 4 is 0 Å². The van der Waals surface area contributed by atoms with Crippen molar-refractivity contribution in [3.63, 3.8) is 0 Å². The molecule has 0 fully saturated rings. The fraction of sp³-hybridized carbons (Fsp3) is 0.455. The van der Waals surface area contributed by atoms with Crippen LogP contribution >= 0.6 is 0 Å². The first-order valence-corrected chi connectivity index (χ1v) is 4.17. The van der Waals surface area contributed by atoms with E-state index in [1.807, 2.05) is 6.92 Å². The molecule has 0 saturated heterocycles. The maximum absolute atomic E-state index is 2.18. The fourth-order valence-electron chi connectivity index (χ4n) is 0.710. The Morgan fingerprint density at radius 2 is 1.82 bits per heavy atom. The largest absolute Gasteiger partial charge is 0.0874 e. The average molecular weight is 150 g/mol. The second-order valence-electron chi connectivity index (χ2n) is 2.78. The second-order valence-corrected chi connectivity index (χ2v) is 2.78. The van der Waals surface area contributed by atoms with E-state index < -0.39 is 0 Å². The van der Waals surface area contributed by atoms with Crippen molar-refractivity contribution in [2.24, 2.45) is 0 Å². The molecular formula is C11H18. The molecule has 0 radical (unpaired) electrons. The topological polar surface area (TPSA) is 0 Å². The van der Waals surface area contributed by atoms with Crippen molar-refractivity contribution in [1.82, 2.24) is 0 Å². The van der Waals surface area contributed by atoms with E-state index in [4.69, 9.17) is 0 Å².